The summed E-state index contributed by atoms with van der Waals surface area (Å²) in [5.41, 5.74) is 0.414. The molecule has 0 saturated carbocycles. The molecular formula is C9H21NS. The molecule has 0 saturated heterocycles. The zero-order chi connectivity index (χ0) is 8.91. The molecule has 0 amide bonds. The molecule has 0 rings (SSSR count). The highest BCUT2D eigenvalue weighted by Crippen LogP contribution is 2.23. The molecule has 0 aliphatic rings. The van der Waals surface area contributed by atoms with Gasteiger partial charge >= 0.3 is 0 Å². The lowest BCUT2D eigenvalue weighted by Crippen LogP contribution is -2.29. The summed E-state index contributed by atoms with van der Waals surface area (Å²) in [6.07, 6.45) is 1.27. The minimum absolute atomic E-state index is 0.414. The number of hydrogen-bond donors (Lipinski definition) is 2. The lowest BCUT2D eigenvalue weighted by Gasteiger charge is -2.26. The third-order valence-electron chi connectivity index (χ3n) is 1.68. The smallest absolute Gasteiger partial charge is 0.0387 e. The van der Waals surface area contributed by atoms with Gasteiger partial charge in [0.05, 0.1) is 0 Å². The third kappa shape index (κ3) is 6.70. The van der Waals surface area contributed by atoms with Gasteiger partial charge in [-0.15, -0.1) is 0 Å². The van der Waals surface area contributed by atoms with Crippen molar-refractivity contribution in [1.29, 1.82) is 0 Å². The summed E-state index contributed by atoms with van der Waals surface area (Å²) in [5.74, 6) is 1.56. The van der Waals surface area contributed by atoms with Crippen molar-refractivity contribution in [3.8, 4) is 0 Å². The van der Waals surface area contributed by atoms with Crippen LogP contribution in [0, 0.1) is 11.3 Å². The van der Waals surface area contributed by atoms with E-state index in [1.54, 1.807) is 0 Å². The maximum atomic E-state index is 4.11. The Bertz CT molecular complexity index is 99.7. The lowest BCUT2D eigenvalue weighted by molar-refractivity contribution is 0.279. The molecule has 1 nitrogen and oxygen atoms in total. The molecule has 1 N–H and O–H groups in total. The molecule has 0 bridgehead atoms. The number of nitrogens with one attached hydrogen (secondary N) is 1. The minimum Gasteiger partial charge on any atom is -0.308 e. The van der Waals surface area contributed by atoms with Gasteiger partial charge in [0.15, 0.2) is 0 Å². The SMILES string of the molecule is CC(C)CC(C)(C)CNCS. The van der Waals surface area contributed by atoms with E-state index in [0.717, 1.165) is 18.3 Å². The molecule has 0 aromatic carbocycles. The first kappa shape index (κ1) is 11.3. The van der Waals surface area contributed by atoms with Gasteiger partial charge in [0.1, 0.15) is 0 Å². The van der Waals surface area contributed by atoms with Crippen LogP contribution in [0.2, 0.25) is 0 Å². The summed E-state index contributed by atoms with van der Waals surface area (Å²) in [4.78, 5) is 0. The molecule has 0 spiro atoms. The van der Waals surface area contributed by atoms with E-state index in [0.29, 0.717) is 5.41 Å². The van der Waals surface area contributed by atoms with E-state index in [1.807, 2.05) is 0 Å². The van der Waals surface area contributed by atoms with E-state index in [9.17, 15) is 0 Å². The van der Waals surface area contributed by atoms with Crippen molar-refractivity contribution < 1.29 is 0 Å². The van der Waals surface area contributed by atoms with Crippen LogP contribution >= 0.6 is 12.6 Å². The highest BCUT2D eigenvalue weighted by atomic mass is 32.1. The van der Waals surface area contributed by atoms with E-state index >= 15 is 0 Å². The molecule has 0 aromatic rings. The molecule has 0 unspecified atom stereocenters. The van der Waals surface area contributed by atoms with E-state index in [2.05, 4.69) is 45.6 Å². The van der Waals surface area contributed by atoms with Crippen LogP contribution in [0.25, 0.3) is 0 Å². The van der Waals surface area contributed by atoms with Crippen LogP contribution in [0.5, 0.6) is 0 Å². The standard InChI is InChI=1S/C9H21NS/c1-8(2)5-9(3,4)6-10-7-11/h8,10-11H,5-7H2,1-4H3. The van der Waals surface area contributed by atoms with E-state index in [1.165, 1.54) is 6.42 Å². The molecule has 11 heavy (non-hydrogen) atoms. The van der Waals surface area contributed by atoms with Gasteiger partial charge < -0.3 is 5.32 Å². The van der Waals surface area contributed by atoms with E-state index in [-0.39, 0.29) is 0 Å². The molecule has 2 heteroatoms. The summed E-state index contributed by atoms with van der Waals surface area (Å²) in [6, 6.07) is 0. The largest absolute Gasteiger partial charge is 0.308 e. The van der Waals surface area contributed by atoms with Gasteiger partial charge in [-0.3, -0.25) is 0 Å². The molecule has 0 heterocycles. The van der Waals surface area contributed by atoms with Crippen molar-refractivity contribution in [3.63, 3.8) is 0 Å². The zero-order valence-electron chi connectivity index (χ0n) is 8.15. The monoisotopic (exact) mass is 175 g/mol. The summed E-state index contributed by atoms with van der Waals surface area (Å²) >= 11 is 4.11. The van der Waals surface area contributed by atoms with Gasteiger partial charge in [-0.1, -0.05) is 27.7 Å². The predicted octanol–water partition coefficient (Wildman–Crippen LogP) is 2.54. The Morgan fingerprint density at radius 1 is 1.36 bits per heavy atom. The minimum atomic E-state index is 0.414. The molecule has 0 fully saturated rings. The third-order valence-corrected chi connectivity index (χ3v) is 1.90. The fourth-order valence-electron chi connectivity index (χ4n) is 1.57. The van der Waals surface area contributed by atoms with Crippen LogP contribution in [0.15, 0.2) is 0 Å². The van der Waals surface area contributed by atoms with Crippen molar-refractivity contribution in [2.24, 2.45) is 11.3 Å². The van der Waals surface area contributed by atoms with Gasteiger partial charge in [0.25, 0.3) is 0 Å². The number of rotatable bonds is 5. The van der Waals surface area contributed by atoms with E-state index < -0.39 is 0 Å². The first-order chi connectivity index (χ1) is 4.98. The molecule has 0 atom stereocenters. The summed E-state index contributed by atoms with van der Waals surface area (Å²) in [7, 11) is 0. The molecule has 0 aromatic heterocycles. The topological polar surface area (TPSA) is 12.0 Å². The fraction of sp³-hybridized carbons (Fsp3) is 1.00. The lowest BCUT2D eigenvalue weighted by atomic mass is 9.84. The van der Waals surface area contributed by atoms with Crippen molar-refractivity contribution in [1.82, 2.24) is 5.32 Å². The maximum absolute atomic E-state index is 4.11. The normalized spacial score (nSPS) is 12.5. The molecule has 0 radical (unpaired) electrons. The molecule has 68 valence electrons. The van der Waals surface area contributed by atoms with Gasteiger partial charge in [0, 0.05) is 12.4 Å². The summed E-state index contributed by atoms with van der Waals surface area (Å²) < 4.78 is 0. The summed E-state index contributed by atoms with van der Waals surface area (Å²) in [5, 5.41) is 3.26. The Morgan fingerprint density at radius 3 is 2.27 bits per heavy atom. The van der Waals surface area contributed by atoms with Crippen LogP contribution < -0.4 is 5.32 Å². The van der Waals surface area contributed by atoms with Crippen LogP contribution in [0.3, 0.4) is 0 Å². The molecular weight excluding hydrogens is 154 g/mol. The summed E-state index contributed by atoms with van der Waals surface area (Å²) in [6.45, 7) is 10.2. The number of thiol groups is 1. The van der Waals surface area contributed by atoms with Gasteiger partial charge in [-0.05, 0) is 17.8 Å². The average molecular weight is 175 g/mol. The van der Waals surface area contributed by atoms with Crippen LogP contribution in [-0.2, 0) is 0 Å². The van der Waals surface area contributed by atoms with Gasteiger partial charge in [0.2, 0.25) is 0 Å². The van der Waals surface area contributed by atoms with Crippen LogP contribution in [-0.4, -0.2) is 12.4 Å². The second-order valence-corrected chi connectivity index (χ2v) is 4.66. The Labute approximate surface area is 76.4 Å². The fourth-order valence-corrected chi connectivity index (χ4v) is 1.68. The molecule has 0 aliphatic heterocycles. The van der Waals surface area contributed by atoms with Crippen molar-refractivity contribution in [3.05, 3.63) is 0 Å². The first-order valence-electron chi connectivity index (χ1n) is 4.29. The van der Waals surface area contributed by atoms with Crippen molar-refractivity contribution in [2.75, 3.05) is 12.4 Å². The predicted molar refractivity (Wildman–Crippen MR) is 55.1 cm³/mol. The number of hydrogen-bond acceptors (Lipinski definition) is 2. The Kier molecular flexibility index (Phi) is 5.19. The first-order valence-corrected chi connectivity index (χ1v) is 4.93. The van der Waals surface area contributed by atoms with Crippen molar-refractivity contribution in [2.45, 2.75) is 34.1 Å². The Hall–Kier alpha value is 0.310. The highest BCUT2D eigenvalue weighted by Gasteiger charge is 2.18. The maximum Gasteiger partial charge on any atom is 0.0387 e. The van der Waals surface area contributed by atoms with Crippen LogP contribution in [0.4, 0.5) is 0 Å². The Balaban J connectivity index is 3.61. The van der Waals surface area contributed by atoms with Gasteiger partial charge in [-0.2, -0.15) is 12.6 Å². The van der Waals surface area contributed by atoms with Gasteiger partial charge in [-0.25, -0.2) is 0 Å². The second-order valence-electron chi connectivity index (χ2n) is 4.35. The van der Waals surface area contributed by atoms with Crippen molar-refractivity contribution >= 4 is 12.6 Å². The highest BCUT2D eigenvalue weighted by molar-refractivity contribution is 7.80. The van der Waals surface area contributed by atoms with Crippen LogP contribution in [0.1, 0.15) is 34.1 Å². The zero-order valence-corrected chi connectivity index (χ0v) is 9.04. The Morgan fingerprint density at radius 2 is 1.91 bits per heavy atom. The average Bonchev–Trinajstić information content (AvgIpc) is 1.81. The second kappa shape index (κ2) is 5.04. The quantitative estimate of drug-likeness (QED) is 0.483. The molecule has 0 aliphatic carbocycles. The van der Waals surface area contributed by atoms with E-state index in [4.69, 9.17) is 0 Å².